The molecular weight excluding hydrogens is 320 g/mol. The molecule has 0 amide bonds. The maximum Gasteiger partial charge on any atom is 0.101 e. The van der Waals surface area contributed by atoms with Gasteiger partial charge in [0.15, 0.2) is 0 Å². The molecule has 0 radical (unpaired) electrons. The van der Waals surface area contributed by atoms with E-state index in [2.05, 4.69) is 63.5 Å². The van der Waals surface area contributed by atoms with Crippen molar-refractivity contribution in [2.45, 2.75) is 30.3 Å². The summed E-state index contributed by atoms with van der Waals surface area (Å²) in [6.07, 6.45) is 0. The molecule has 0 aliphatic heterocycles. The number of nitrogens with zero attached hydrogens (tertiary/aromatic N) is 1. The van der Waals surface area contributed by atoms with E-state index in [9.17, 15) is 0 Å². The van der Waals surface area contributed by atoms with Crippen LogP contribution in [0.2, 0.25) is 0 Å². The van der Waals surface area contributed by atoms with Gasteiger partial charge < -0.3 is 5.32 Å². The minimum Gasteiger partial charge on any atom is -0.316 e. The number of hydrogen-bond donors (Lipinski definition) is 1. The smallest absolute Gasteiger partial charge is 0.101 e. The van der Waals surface area contributed by atoms with Crippen LogP contribution in [0.15, 0.2) is 44.7 Å². The molecule has 0 atom stereocenters. The number of rotatable bonds is 4. The van der Waals surface area contributed by atoms with Crippen molar-refractivity contribution in [3.63, 3.8) is 0 Å². The quantitative estimate of drug-likeness (QED) is 0.899. The van der Waals surface area contributed by atoms with E-state index in [4.69, 9.17) is 0 Å². The van der Waals surface area contributed by atoms with Gasteiger partial charge in [0.1, 0.15) is 5.03 Å². The molecule has 1 aromatic heterocycles. The van der Waals surface area contributed by atoms with Gasteiger partial charge in [-0.15, -0.1) is 0 Å². The van der Waals surface area contributed by atoms with E-state index in [-0.39, 0.29) is 0 Å². The maximum atomic E-state index is 4.59. The molecule has 2 nitrogen and oxygen atoms in total. The molecule has 0 bridgehead atoms. The van der Waals surface area contributed by atoms with Crippen LogP contribution in [0.1, 0.15) is 16.8 Å². The third kappa shape index (κ3) is 4.06. The zero-order chi connectivity index (χ0) is 13.8. The fraction of sp³-hybridized carbons (Fsp3) is 0.267. The predicted molar refractivity (Wildman–Crippen MR) is 84.7 cm³/mol. The Kier molecular flexibility index (Phi) is 5.02. The third-order valence-electron chi connectivity index (χ3n) is 2.69. The van der Waals surface area contributed by atoms with Crippen molar-refractivity contribution in [2.24, 2.45) is 0 Å². The first-order valence-corrected chi connectivity index (χ1v) is 7.75. The first kappa shape index (κ1) is 14.6. The van der Waals surface area contributed by atoms with Crippen LogP contribution in [0.25, 0.3) is 0 Å². The van der Waals surface area contributed by atoms with Crippen molar-refractivity contribution in [2.75, 3.05) is 7.05 Å². The average Bonchev–Trinajstić information content (AvgIpc) is 2.31. The van der Waals surface area contributed by atoms with E-state index in [1.54, 1.807) is 11.8 Å². The second kappa shape index (κ2) is 6.55. The molecule has 0 fully saturated rings. The van der Waals surface area contributed by atoms with Crippen LogP contribution >= 0.6 is 27.7 Å². The maximum absolute atomic E-state index is 4.59. The number of hydrogen-bond acceptors (Lipinski definition) is 3. The predicted octanol–water partition coefficient (Wildman–Crippen LogP) is 4.33. The van der Waals surface area contributed by atoms with Gasteiger partial charge in [-0.2, -0.15) is 0 Å². The van der Waals surface area contributed by atoms with Crippen LogP contribution < -0.4 is 5.32 Å². The van der Waals surface area contributed by atoms with Crippen molar-refractivity contribution < 1.29 is 0 Å². The minimum atomic E-state index is 0.862. The second-order valence-corrected chi connectivity index (χ2v) is 6.49. The number of pyridine rings is 1. The van der Waals surface area contributed by atoms with E-state index >= 15 is 0 Å². The molecule has 2 aromatic rings. The Bertz CT molecular complexity index is 564. The molecule has 0 saturated carbocycles. The lowest BCUT2D eigenvalue weighted by molar-refractivity contribution is 0.802. The summed E-state index contributed by atoms with van der Waals surface area (Å²) in [6.45, 7) is 5.00. The first-order chi connectivity index (χ1) is 9.08. The summed E-state index contributed by atoms with van der Waals surface area (Å²) >= 11 is 5.25. The van der Waals surface area contributed by atoms with Gasteiger partial charge in [0, 0.05) is 21.6 Å². The third-order valence-corrected chi connectivity index (χ3v) is 4.20. The van der Waals surface area contributed by atoms with E-state index in [0.29, 0.717) is 0 Å². The lowest BCUT2D eigenvalue weighted by atomic mass is 10.2. The van der Waals surface area contributed by atoms with Crippen molar-refractivity contribution >= 4 is 27.7 Å². The second-order valence-electron chi connectivity index (χ2n) is 4.51. The number of nitrogens with one attached hydrogen (secondary N) is 1. The Morgan fingerprint density at radius 1 is 1.21 bits per heavy atom. The number of aromatic nitrogens is 1. The molecule has 0 saturated heterocycles. The van der Waals surface area contributed by atoms with Crippen molar-refractivity contribution in [3.8, 4) is 0 Å². The van der Waals surface area contributed by atoms with Crippen molar-refractivity contribution in [1.82, 2.24) is 10.3 Å². The Morgan fingerprint density at radius 2 is 2.00 bits per heavy atom. The van der Waals surface area contributed by atoms with Crippen LogP contribution in [0.3, 0.4) is 0 Å². The highest BCUT2D eigenvalue weighted by Gasteiger charge is 2.07. The van der Waals surface area contributed by atoms with E-state index < -0.39 is 0 Å². The van der Waals surface area contributed by atoms with Gasteiger partial charge in [0.05, 0.1) is 0 Å². The zero-order valence-electron chi connectivity index (χ0n) is 11.3. The summed E-state index contributed by atoms with van der Waals surface area (Å²) in [5.41, 5.74) is 3.60. The Labute approximate surface area is 127 Å². The van der Waals surface area contributed by atoms with Gasteiger partial charge in [-0.3, -0.25) is 0 Å². The van der Waals surface area contributed by atoms with Crippen molar-refractivity contribution in [1.29, 1.82) is 0 Å². The number of aryl methyl sites for hydroxylation is 2. The van der Waals surface area contributed by atoms with Crippen molar-refractivity contribution in [3.05, 3.63) is 51.6 Å². The normalized spacial score (nSPS) is 10.7. The molecule has 0 spiro atoms. The number of benzene rings is 1. The standard InChI is InChI=1S/C15H17BrN2S/c1-10-6-11(2)18-15(7-10)19-14-8-13(16)5-4-12(14)9-17-3/h4-8,17H,9H2,1-3H3. The van der Waals surface area contributed by atoms with Gasteiger partial charge >= 0.3 is 0 Å². The summed E-state index contributed by atoms with van der Waals surface area (Å²) in [4.78, 5) is 5.82. The molecule has 1 N–H and O–H groups in total. The molecule has 0 aliphatic rings. The van der Waals surface area contributed by atoms with Gasteiger partial charge in [0.25, 0.3) is 0 Å². The van der Waals surface area contributed by atoms with E-state index in [1.807, 2.05) is 14.0 Å². The molecular formula is C15H17BrN2S. The van der Waals surface area contributed by atoms with Crippen LogP contribution in [-0.4, -0.2) is 12.0 Å². The fourth-order valence-corrected chi connectivity index (χ4v) is 3.56. The van der Waals surface area contributed by atoms with E-state index in [0.717, 1.165) is 21.7 Å². The summed E-state index contributed by atoms with van der Waals surface area (Å²) < 4.78 is 1.10. The molecule has 2 rings (SSSR count). The Hall–Kier alpha value is -0.840. The average molecular weight is 337 g/mol. The molecule has 19 heavy (non-hydrogen) atoms. The lowest BCUT2D eigenvalue weighted by Gasteiger charge is -2.10. The van der Waals surface area contributed by atoms with Crippen LogP contribution in [0.5, 0.6) is 0 Å². The largest absolute Gasteiger partial charge is 0.316 e. The van der Waals surface area contributed by atoms with Crippen LogP contribution in [0.4, 0.5) is 0 Å². The van der Waals surface area contributed by atoms with Crippen LogP contribution in [0, 0.1) is 13.8 Å². The summed E-state index contributed by atoms with van der Waals surface area (Å²) in [6, 6.07) is 10.6. The van der Waals surface area contributed by atoms with E-state index in [1.165, 1.54) is 16.0 Å². The Morgan fingerprint density at radius 3 is 2.68 bits per heavy atom. The molecule has 1 heterocycles. The molecule has 100 valence electrons. The first-order valence-electron chi connectivity index (χ1n) is 6.14. The van der Waals surface area contributed by atoms with Gasteiger partial charge in [0.2, 0.25) is 0 Å². The fourth-order valence-electron chi connectivity index (χ4n) is 1.93. The monoisotopic (exact) mass is 336 g/mol. The molecule has 4 heteroatoms. The molecule has 0 aliphatic carbocycles. The van der Waals surface area contributed by atoms with Gasteiger partial charge in [-0.25, -0.2) is 4.98 Å². The topological polar surface area (TPSA) is 24.9 Å². The highest BCUT2D eigenvalue weighted by Crippen LogP contribution is 2.32. The highest BCUT2D eigenvalue weighted by atomic mass is 79.9. The molecule has 1 aromatic carbocycles. The highest BCUT2D eigenvalue weighted by molar-refractivity contribution is 9.10. The van der Waals surface area contributed by atoms with Gasteiger partial charge in [-0.1, -0.05) is 33.8 Å². The van der Waals surface area contributed by atoms with Gasteiger partial charge in [-0.05, 0) is 56.3 Å². The molecule has 0 unspecified atom stereocenters. The van der Waals surface area contributed by atoms with Crippen LogP contribution in [-0.2, 0) is 6.54 Å². The summed E-state index contributed by atoms with van der Waals surface area (Å²) in [7, 11) is 1.96. The lowest BCUT2D eigenvalue weighted by Crippen LogP contribution is -2.06. The summed E-state index contributed by atoms with van der Waals surface area (Å²) in [5, 5.41) is 4.25. The minimum absolute atomic E-state index is 0.862. The Balaban J connectivity index is 2.33. The number of halogens is 1. The zero-order valence-corrected chi connectivity index (χ0v) is 13.7. The SMILES string of the molecule is CNCc1ccc(Br)cc1Sc1cc(C)cc(C)n1. The summed E-state index contributed by atoms with van der Waals surface area (Å²) in [5.74, 6) is 0.